The topological polar surface area (TPSA) is 30.5 Å². The largest absolute Gasteiger partial charge is 0.384 e. The van der Waals surface area contributed by atoms with Crippen molar-refractivity contribution >= 4 is 0 Å². The van der Waals surface area contributed by atoms with Gasteiger partial charge in [-0.25, -0.2) is 0 Å². The average molecular weight is 173 g/mol. The highest BCUT2D eigenvalue weighted by molar-refractivity contribution is 4.90. The first-order valence-electron chi connectivity index (χ1n) is 4.50. The van der Waals surface area contributed by atoms with Crippen LogP contribution < -0.4 is 5.32 Å². The van der Waals surface area contributed by atoms with E-state index in [0.29, 0.717) is 6.10 Å². The van der Waals surface area contributed by atoms with Crippen molar-refractivity contribution < 1.29 is 9.47 Å². The SMILES string of the molecule is CNCC1(COC)CCOC1C. The Morgan fingerprint density at radius 1 is 1.67 bits per heavy atom. The van der Waals surface area contributed by atoms with Gasteiger partial charge in [0.15, 0.2) is 0 Å². The molecule has 0 aromatic rings. The van der Waals surface area contributed by atoms with Crippen molar-refractivity contribution in [3.63, 3.8) is 0 Å². The Morgan fingerprint density at radius 2 is 2.42 bits per heavy atom. The van der Waals surface area contributed by atoms with Crippen LogP contribution >= 0.6 is 0 Å². The highest BCUT2D eigenvalue weighted by atomic mass is 16.5. The fourth-order valence-corrected chi connectivity index (χ4v) is 1.93. The molecule has 1 saturated heterocycles. The van der Waals surface area contributed by atoms with Gasteiger partial charge in [0.05, 0.1) is 12.7 Å². The molecule has 3 heteroatoms. The summed E-state index contributed by atoms with van der Waals surface area (Å²) in [5, 5.41) is 3.21. The van der Waals surface area contributed by atoms with E-state index >= 15 is 0 Å². The molecule has 1 aliphatic heterocycles. The third-order valence-corrected chi connectivity index (χ3v) is 2.79. The van der Waals surface area contributed by atoms with E-state index in [9.17, 15) is 0 Å². The molecule has 0 bridgehead atoms. The van der Waals surface area contributed by atoms with Gasteiger partial charge in [0.25, 0.3) is 0 Å². The number of rotatable bonds is 4. The monoisotopic (exact) mass is 173 g/mol. The summed E-state index contributed by atoms with van der Waals surface area (Å²) in [5.74, 6) is 0. The Morgan fingerprint density at radius 3 is 2.83 bits per heavy atom. The van der Waals surface area contributed by atoms with Crippen LogP contribution in [0.4, 0.5) is 0 Å². The zero-order valence-electron chi connectivity index (χ0n) is 8.22. The highest BCUT2D eigenvalue weighted by Gasteiger charge is 2.40. The fraction of sp³-hybridized carbons (Fsp3) is 1.00. The summed E-state index contributed by atoms with van der Waals surface area (Å²) < 4.78 is 10.8. The highest BCUT2D eigenvalue weighted by Crippen LogP contribution is 2.34. The van der Waals surface area contributed by atoms with Crippen LogP contribution in [-0.4, -0.2) is 40.0 Å². The third-order valence-electron chi connectivity index (χ3n) is 2.79. The van der Waals surface area contributed by atoms with E-state index in [4.69, 9.17) is 9.47 Å². The lowest BCUT2D eigenvalue weighted by molar-refractivity contribution is 0.0119. The number of hydrogen-bond donors (Lipinski definition) is 1. The Balaban J connectivity index is 2.57. The van der Waals surface area contributed by atoms with Gasteiger partial charge in [-0.15, -0.1) is 0 Å². The van der Waals surface area contributed by atoms with Crippen LogP contribution in [0.1, 0.15) is 13.3 Å². The van der Waals surface area contributed by atoms with E-state index in [1.807, 2.05) is 7.05 Å². The van der Waals surface area contributed by atoms with Crippen molar-refractivity contribution in [2.75, 3.05) is 33.9 Å². The first-order valence-corrected chi connectivity index (χ1v) is 4.50. The minimum Gasteiger partial charge on any atom is -0.384 e. The summed E-state index contributed by atoms with van der Waals surface area (Å²) in [7, 11) is 3.73. The van der Waals surface area contributed by atoms with Crippen LogP contribution in [-0.2, 0) is 9.47 Å². The molecule has 0 aliphatic carbocycles. The summed E-state index contributed by atoms with van der Waals surface area (Å²) in [6.07, 6.45) is 1.41. The molecule has 2 unspecified atom stereocenters. The smallest absolute Gasteiger partial charge is 0.0638 e. The predicted octanol–water partition coefficient (Wildman–Crippen LogP) is 0.647. The second-order valence-electron chi connectivity index (χ2n) is 3.59. The van der Waals surface area contributed by atoms with E-state index in [1.54, 1.807) is 7.11 Å². The Bertz CT molecular complexity index is 132. The van der Waals surface area contributed by atoms with Gasteiger partial charge in [-0.05, 0) is 20.4 Å². The Kier molecular flexibility index (Phi) is 3.50. The lowest BCUT2D eigenvalue weighted by atomic mass is 9.82. The van der Waals surface area contributed by atoms with Crippen LogP contribution in [0.5, 0.6) is 0 Å². The second-order valence-corrected chi connectivity index (χ2v) is 3.59. The molecule has 0 aromatic carbocycles. The van der Waals surface area contributed by atoms with E-state index in [2.05, 4.69) is 12.2 Å². The second kappa shape index (κ2) is 4.21. The van der Waals surface area contributed by atoms with Gasteiger partial charge in [0.2, 0.25) is 0 Å². The van der Waals surface area contributed by atoms with Gasteiger partial charge in [0, 0.05) is 25.7 Å². The van der Waals surface area contributed by atoms with E-state index < -0.39 is 0 Å². The van der Waals surface area contributed by atoms with Crippen LogP contribution in [0.15, 0.2) is 0 Å². The van der Waals surface area contributed by atoms with Gasteiger partial charge in [0.1, 0.15) is 0 Å². The molecule has 12 heavy (non-hydrogen) atoms. The molecule has 0 radical (unpaired) electrons. The zero-order chi connectivity index (χ0) is 9.03. The molecule has 1 N–H and O–H groups in total. The van der Waals surface area contributed by atoms with Crippen molar-refractivity contribution in [1.82, 2.24) is 5.32 Å². The van der Waals surface area contributed by atoms with E-state index in [-0.39, 0.29) is 5.41 Å². The third kappa shape index (κ3) is 1.79. The molecule has 72 valence electrons. The minimum absolute atomic E-state index is 0.198. The zero-order valence-corrected chi connectivity index (χ0v) is 8.22. The molecular formula is C9H19NO2. The normalized spacial score (nSPS) is 35.8. The maximum Gasteiger partial charge on any atom is 0.0638 e. The Labute approximate surface area is 74.4 Å². The number of hydrogen-bond acceptors (Lipinski definition) is 3. The van der Waals surface area contributed by atoms with Crippen molar-refractivity contribution in [2.45, 2.75) is 19.4 Å². The first kappa shape index (κ1) is 9.96. The van der Waals surface area contributed by atoms with Gasteiger partial charge in [-0.3, -0.25) is 0 Å². The van der Waals surface area contributed by atoms with Crippen molar-refractivity contribution in [1.29, 1.82) is 0 Å². The summed E-state index contributed by atoms with van der Waals surface area (Å²) >= 11 is 0. The molecule has 0 saturated carbocycles. The Hall–Kier alpha value is -0.120. The van der Waals surface area contributed by atoms with E-state index in [0.717, 1.165) is 26.2 Å². The molecule has 0 spiro atoms. The number of methoxy groups -OCH3 is 1. The molecule has 1 rings (SSSR count). The average Bonchev–Trinajstić information content (AvgIpc) is 2.35. The predicted molar refractivity (Wildman–Crippen MR) is 48.3 cm³/mol. The van der Waals surface area contributed by atoms with E-state index in [1.165, 1.54) is 0 Å². The summed E-state index contributed by atoms with van der Waals surface area (Å²) in [4.78, 5) is 0. The lowest BCUT2D eigenvalue weighted by Crippen LogP contribution is -2.41. The van der Waals surface area contributed by atoms with Crippen molar-refractivity contribution in [3.8, 4) is 0 Å². The molecule has 0 amide bonds. The lowest BCUT2D eigenvalue weighted by Gasteiger charge is -2.30. The summed E-state index contributed by atoms with van der Waals surface area (Å²) in [6.45, 7) is 4.76. The molecule has 1 heterocycles. The molecule has 1 fully saturated rings. The van der Waals surface area contributed by atoms with Gasteiger partial charge in [-0.2, -0.15) is 0 Å². The molecule has 0 aromatic heterocycles. The molecule has 3 nitrogen and oxygen atoms in total. The standard InChI is InChI=1S/C9H19NO2/c1-8-9(6-10-2,7-11-3)4-5-12-8/h8,10H,4-7H2,1-3H3. The maximum absolute atomic E-state index is 5.55. The van der Waals surface area contributed by atoms with Crippen LogP contribution in [0.2, 0.25) is 0 Å². The van der Waals surface area contributed by atoms with Crippen molar-refractivity contribution in [3.05, 3.63) is 0 Å². The summed E-state index contributed by atoms with van der Waals surface area (Å²) in [5.41, 5.74) is 0.198. The van der Waals surface area contributed by atoms with Crippen LogP contribution in [0.3, 0.4) is 0 Å². The molecule has 2 atom stereocenters. The van der Waals surface area contributed by atoms with Crippen LogP contribution in [0.25, 0.3) is 0 Å². The number of nitrogens with one attached hydrogen (secondary N) is 1. The number of ether oxygens (including phenoxy) is 2. The quantitative estimate of drug-likeness (QED) is 0.677. The molecular weight excluding hydrogens is 154 g/mol. The first-order chi connectivity index (χ1) is 5.75. The molecule has 1 aliphatic rings. The minimum atomic E-state index is 0.198. The van der Waals surface area contributed by atoms with Crippen LogP contribution in [0, 0.1) is 5.41 Å². The fourth-order valence-electron chi connectivity index (χ4n) is 1.93. The van der Waals surface area contributed by atoms with Crippen molar-refractivity contribution in [2.24, 2.45) is 5.41 Å². The summed E-state index contributed by atoms with van der Waals surface area (Å²) in [6, 6.07) is 0. The van der Waals surface area contributed by atoms with Gasteiger partial charge >= 0.3 is 0 Å². The van der Waals surface area contributed by atoms with Gasteiger partial charge < -0.3 is 14.8 Å². The van der Waals surface area contributed by atoms with Gasteiger partial charge in [-0.1, -0.05) is 0 Å². The maximum atomic E-state index is 5.55.